The van der Waals surface area contributed by atoms with E-state index in [1.165, 1.54) is 6.07 Å². The maximum Gasteiger partial charge on any atom is 0.191 e. The van der Waals surface area contributed by atoms with Gasteiger partial charge in [-0.1, -0.05) is 6.92 Å². The Labute approximate surface area is 146 Å². The van der Waals surface area contributed by atoms with Gasteiger partial charge in [0.2, 0.25) is 0 Å². The Morgan fingerprint density at radius 3 is 2.64 bits per heavy atom. The number of benzene rings is 1. The quantitative estimate of drug-likeness (QED) is 0.433. The highest BCUT2D eigenvalue weighted by Crippen LogP contribution is 2.24. The van der Waals surface area contributed by atoms with Crippen molar-refractivity contribution < 1.29 is 13.5 Å². The fourth-order valence-corrected chi connectivity index (χ4v) is 2.02. The fourth-order valence-electron chi connectivity index (χ4n) is 2.02. The van der Waals surface area contributed by atoms with Crippen LogP contribution in [-0.2, 0) is 11.3 Å². The lowest BCUT2D eigenvalue weighted by Crippen LogP contribution is -2.51. The molecule has 0 aliphatic carbocycles. The lowest BCUT2D eigenvalue weighted by Gasteiger charge is -2.38. The average Bonchev–Trinajstić information content (AvgIpc) is 2.43. The number of halogens is 3. The van der Waals surface area contributed by atoms with Crippen molar-refractivity contribution in [3.8, 4) is 0 Å². The molecular weight excluding hydrogens is 403 g/mol. The molecule has 0 saturated carbocycles. The summed E-state index contributed by atoms with van der Waals surface area (Å²) in [7, 11) is 0. The van der Waals surface area contributed by atoms with Crippen molar-refractivity contribution in [3.05, 3.63) is 35.4 Å². The summed E-state index contributed by atoms with van der Waals surface area (Å²) in [5.41, 5.74) is 0.353. The Balaban J connectivity index is 0.00000242. The van der Waals surface area contributed by atoms with Crippen LogP contribution in [0.4, 0.5) is 8.78 Å². The van der Waals surface area contributed by atoms with Crippen molar-refractivity contribution in [2.75, 3.05) is 26.3 Å². The van der Waals surface area contributed by atoms with Gasteiger partial charge in [0.05, 0.1) is 19.8 Å². The number of hydrogen-bond acceptors (Lipinski definition) is 2. The topological polar surface area (TPSA) is 45.7 Å². The molecule has 1 aromatic rings. The molecule has 22 heavy (non-hydrogen) atoms. The van der Waals surface area contributed by atoms with Crippen LogP contribution in [0.3, 0.4) is 0 Å². The number of aliphatic imine (C=N–C) groups is 1. The second-order valence-electron chi connectivity index (χ2n) is 5.59. The van der Waals surface area contributed by atoms with Gasteiger partial charge in [0.15, 0.2) is 5.96 Å². The minimum Gasteiger partial charge on any atom is -0.380 e. The van der Waals surface area contributed by atoms with Crippen LogP contribution in [0.1, 0.15) is 19.4 Å². The van der Waals surface area contributed by atoms with Gasteiger partial charge in [-0.2, -0.15) is 0 Å². The lowest BCUT2D eigenvalue weighted by atomic mass is 9.89. The minimum atomic E-state index is -0.460. The Hall–Kier alpha value is -0.960. The van der Waals surface area contributed by atoms with Crippen molar-refractivity contribution in [2.45, 2.75) is 20.4 Å². The zero-order valence-electron chi connectivity index (χ0n) is 12.8. The molecule has 0 amide bonds. The Kier molecular flexibility index (Phi) is 7.47. The van der Waals surface area contributed by atoms with Gasteiger partial charge in [-0.05, 0) is 25.1 Å². The number of nitrogens with zero attached hydrogens (tertiary/aromatic N) is 1. The molecule has 0 unspecified atom stereocenters. The van der Waals surface area contributed by atoms with Gasteiger partial charge in [-0.3, -0.25) is 0 Å². The van der Waals surface area contributed by atoms with Crippen LogP contribution in [0.25, 0.3) is 0 Å². The van der Waals surface area contributed by atoms with Gasteiger partial charge < -0.3 is 15.4 Å². The van der Waals surface area contributed by atoms with Crippen molar-refractivity contribution in [2.24, 2.45) is 10.4 Å². The van der Waals surface area contributed by atoms with Crippen molar-refractivity contribution in [1.29, 1.82) is 0 Å². The van der Waals surface area contributed by atoms with Gasteiger partial charge in [-0.15, -0.1) is 24.0 Å². The third-order valence-corrected chi connectivity index (χ3v) is 3.34. The Morgan fingerprint density at radius 2 is 2.05 bits per heavy atom. The fraction of sp³-hybridized carbons (Fsp3) is 0.533. The first-order valence-corrected chi connectivity index (χ1v) is 7.06. The maximum absolute atomic E-state index is 13.6. The molecule has 0 aromatic heterocycles. The van der Waals surface area contributed by atoms with E-state index in [9.17, 15) is 8.78 Å². The second kappa shape index (κ2) is 8.61. The van der Waals surface area contributed by atoms with Gasteiger partial charge in [-0.25, -0.2) is 13.8 Å². The summed E-state index contributed by atoms with van der Waals surface area (Å²) in [6, 6.07) is 3.39. The van der Waals surface area contributed by atoms with Crippen molar-refractivity contribution >= 4 is 29.9 Å². The van der Waals surface area contributed by atoms with E-state index >= 15 is 0 Å². The zero-order chi connectivity index (χ0) is 15.3. The molecule has 1 fully saturated rings. The summed E-state index contributed by atoms with van der Waals surface area (Å²) in [6.07, 6.45) is 0. The normalized spacial score (nSPS) is 16.5. The summed E-state index contributed by atoms with van der Waals surface area (Å²) >= 11 is 0. The van der Waals surface area contributed by atoms with Crippen molar-refractivity contribution in [3.63, 3.8) is 0 Å². The van der Waals surface area contributed by atoms with Gasteiger partial charge in [0.1, 0.15) is 11.6 Å². The standard InChI is InChI=1S/C15H21F2N3O.HI/c1-3-18-14(20-8-15(2)9-21-10-15)19-7-11-6-12(16)4-5-13(11)17;/h4-6H,3,7-10H2,1-2H3,(H2,18,19,20);1H. The van der Waals surface area contributed by atoms with E-state index in [4.69, 9.17) is 4.74 Å². The second-order valence-corrected chi connectivity index (χ2v) is 5.59. The first-order chi connectivity index (χ1) is 10.0. The van der Waals surface area contributed by atoms with Crippen LogP contribution < -0.4 is 10.6 Å². The number of ether oxygens (including phenoxy) is 1. The van der Waals surface area contributed by atoms with Crippen LogP contribution in [0.15, 0.2) is 23.2 Å². The molecule has 0 atom stereocenters. The van der Waals surface area contributed by atoms with Crippen LogP contribution in [-0.4, -0.2) is 32.3 Å². The summed E-state index contributed by atoms with van der Waals surface area (Å²) in [5.74, 6) is -0.316. The monoisotopic (exact) mass is 425 g/mol. The SMILES string of the molecule is CCNC(=NCc1cc(F)ccc1F)NCC1(C)COC1.I. The van der Waals surface area contributed by atoms with Gasteiger partial charge >= 0.3 is 0 Å². The molecule has 4 nitrogen and oxygen atoms in total. The lowest BCUT2D eigenvalue weighted by molar-refractivity contribution is -0.0971. The zero-order valence-corrected chi connectivity index (χ0v) is 15.1. The maximum atomic E-state index is 13.6. The van der Waals surface area contributed by atoms with E-state index in [1.807, 2.05) is 6.92 Å². The molecule has 1 aromatic carbocycles. The van der Waals surface area contributed by atoms with Gasteiger partial charge in [0.25, 0.3) is 0 Å². The van der Waals surface area contributed by atoms with E-state index in [2.05, 4.69) is 22.5 Å². The number of nitrogens with one attached hydrogen (secondary N) is 2. The summed E-state index contributed by atoms with van der Waals surface area (Å²) in [6.45, 7) is 7.03. The third kappa shape index (κ3) is 5.35. The van der Waals surface area contributed by atoms with Crippen molar-refractivity contribution in [1.82, 2.24) is 10.6 Å². The van der Waals surface area contributed by atoms with E-state index < -0.39 is 11.6 Å². The number of rotatable bonds is 5. The van der Waals surface area contributed by atoms with Crippen LogP contribution in [0.5, 0.6) is 0 Å². The minimum absolute atomic E-state index is 0. The molecule has 0 radical (unpaired) electrons. The predicted molar refractivity (Wildman–Crippen MR) is 93.5 cm³/mol. The molecule has 0 spiro atoms. The molecule has 7 heteroatoms. The molecule has 1 aliphatic heterocycles. The number of guanidine groups is 1. The van der Waals surface area contributed by atoms with E-state index in [0.717, 1.165) is 31.9 Å². The largest absolute Gasteiger partial charge is 0.380 e. The Morgan fingerprint density at radius 1 is 1.32 bits per heavy atom. The average molecular weight is 425 g/mol. The summed E-state index contributed by atoms with van der Waals surface area (Å²) in [4.78, 5) is 4.29. The highest BCUT2D eigenvalue weighted by atomic mass is 127. The highest BCUT2D eigenvalue weighted by molar-refractivity contribution is 14.0. The van der Waals surface area contributed by atoms with Crippen LogP contribution >= 0.6 is 24.0 Å². The van der Waals surface area contributed by atoms with E-state index in [-0.39, 0.29) is 41.5 Å². The molecule has 2 rings (SSSR count). The highest BCUT2D eigenvalue weighted by Gasteiger charge is 2.33. The molecule has 1 saturated heterocycles. The summed E-state index contributed by atoms with van der Waals surface area (Å²) < 4.78 is 31.9. The smallest absolute Gasteiger partial charge is 0.191 e. The van der Waals surface area contributed by atoms with Gasteiger partial charge in [0, 0.05) is 24.1 Å². The molecule has 1 heterocycles. The molecule has 1 aliphatic rings. The van der Waals surface area contributed by atoms with Crippen LogP contribution in [0, 0.1) is 17.0 Å². The van der Waals surface area contributed by atoms with E-state index in [1.54, 1.807) is 0 Å². The first-order valence-electron chi connectivity index (χ1n) is 7.06. The molecule has 124 valence electrons. The number of hydrogen-bond donors (Lipinski definition) is 2. The van der Waals surface area contributed by atoms with Crippen LogP contribution in [0.2, 0.25) is 0 Å². The Bertz CT molecular complexity index is 522. The summed E-state index contributed by atoms with van der Waals surface area (Å²) in [5, 5.41) is 6.30. The van der Waals surface area contributed by atoms with E-state index in [0.29, 0.717) is 12.5 Å². The molecular formula is C15H22F2IN3O. The third-order valence-electron chi connectivity index (χ3n) is 3.34. The predicted octanol–water partition coefficient (Wildman–Crippen LogP) is 2.67. The molecule has 2 N–H and O–H groups in total. The first kappa shape index (κ1) is 19.1. The molecule has 0 bridgehead atoms.